The Balaban J connectivity index is 1.98. The molecule has 0 saturated heterocycles. The van der Waals surface area contributed by atoms with E-state index in [0.717, 1.165) is 0 Å². The Kier molecular flexibility index (Phi) is 5.25. The van der Waals surface area contributed by atoms with Crippen molar-refractivity contribution in [1.29, 1.82) is 0 Å². The number of carboxylic acids is 1. The summed E-state index contributed by atoms with van der Waals surface area (Å²) >= 11 is 0. The van der Waals surface area contributed by atoms with Crippen molar-refractivity contribution in [1.82, 2.24) is 5.32 Å². The van der Waals surface area contributed by atoms with Gasteiger partial charge in [0.2, 0.25) is 5.91 Å². The standard InChI is InChI=1S/C16H18FNO4/c17-12-6-4-10(5-7-12)8-14(20)18-15(16(21)22)11-2-1-3-13(19)9-11/h4-7,11,15H,1-3,8-9H2,(H,18,20)(H,21,22)/t11-,15-/m1/s1. The average Bonchev–Trinajstić information content (AvgIpc) is 2.47. The number of carbonyl (C=O) groups excluding carboxylic acids is 2. The highest BCUT2D eigenvalue weighted by Gasteiger charge is 2.33. The fourth-order valence-corrected chi connectivity index (χ4v) is 2.74. The quantitative estimate of drug-likeness (QED) is 0.867. The van der Waals surface area contributed by atoms with E-state index in [1.165, 1.54) is 24.3 Å². The average molecular weight is 307 g/mol. The number of hydrogen-bond acceptors (Lipinski definition) is 3. The summed E-state index contributed by atoms with van der Waals surface area (Å²) in [6, 6.07) is 4.40. The largest absolute Gasteiger partial charge is 0.480 e. The van der Waals surface area contributed by atoms with Gasteiger partial charge in [0.1, 0.15) is 17.6 Å². The van der Waals surface area contributed by atoms with Crippen molar-refractivity contribution in [2.24, 2.45) is 5.92 Å². The van der Waals surface area contributed by atoms with Gasteiger partial charge in [0.05, 0.1) is 6.42 Å². The second kappa shape index (κ2) is 7.15. The van der Waals surface area contributed by atoms with Crippen molar-refractivity contribution < 1.29 is 23.9 Å². The van der Waals surface area contributed by atoms with E-state index >= 15 is 0 Å². The van der Waals surface area contributed by atoms with Gasteiger partial charge in [-0.1, -0.05) is 12.1 Å². The molecule has 0 heterocycles. The third kappa shape index (κ3) is 4.38. The molecule has 1 saturated carbocycles. The maximum Gasteiger partial charge on any atom is 0.326 e. The number of amides is 1. The van der Waals surface area contributed by atoms with Gasteiger partial charge in [-0.3, -0.25) is 9.59 Å². The van der Waals surface area contributed by atoms with Gasteiger partial charge in [0.25, 0.3) is 0 Å². The Labute approximate surface area is 127 Å². The molecule has 1 aliphatic rings. The number of Topliss-reactive ketones (excluding diaryl/α,β-unsaturated/α-hetero) is 1. The van der Waals surface area contributed by atoms with Gasteiger partial charge in [0, 0.05) is 12.8 Å². The third-order valence-electron chi connectivity index (χ3n) is 3.85. The maximum absolute atomic E-state index is 12.8. The Hall–Kier alpha value is -2.24. The van der Waals surface area contributed by atoms with Crippen LogP contribution in [-0.4, -0.2) is 28.8 Å². The van der Waals surface area contributed by atoms with Crippen molar-refractivity contribution >= 4 is 17.7 Å². The maximum atomic E-state index is 12.8. The minimum Gasteiger partial charge on any atom is -0.480 e. The van der Waals surface area contributed by atoms with Crippen LogP contribution in [-0.2, 0) is 20.8 Å². The van der Waals surface area contributed by atoms with E-state index in [9.17, 15) is 23.9 Å². The van der Waals surface area contributed by atoms with Gasteiger partial charge in [-0.15, -0.1) is 0 Å². The van der Waals surface area contributed by atoms with Crippen molar-refractivity contribution in [3.8, 4) is 0 Å². The van der Waals surface area contributed by atoms with Crippen molar-refractivity contribution in [3.63, 3.8) is 0 Å². The SMILES string of the molecule is O=C1CCC[C@@H]([C@@H](NC(=O)Cc2ccc(F)cc2)C(=O)O)C1. The summed E-state index contributed by atoms with van der Waals surface area (Å²) in [5, 5.41) is 11.8. The van der Waals surface area contributed by atoms with Gasteiger partial charge < -0.3 is 10.4 Å². The summed E-state index contributed by atoms with van der Waals surface area (Å²) in [5.74, 6) is -2.30. The van der Waals surface area contributed by atoms with E-state index in [2.05, 4.69) is 5.32 Å². The number of carboxylic acid groups (broad SMARTS) is 1. The Bertz CT molecular complexity index is 570. The van der Waals surface area contributed by atoms with Crippen LogP contribution in [0.1, 0.15) is 31.2 Å². The summed E-state index contributed by atoms with van der Waals surface area (Å²) < 4.78 is 12.8. The van der Waals surface area contributed by atoms with E-state index in [1.807, 2.05) is 0 Å². The van der Waals surface area contributed by atoms with Crippen LogP contribution in [0.2, 0.25) is 0 Å². The second-order valence-electron chi connectivity index (χ2n) is 5.58. The third-order valence-corrected chi connectivity index (χ3v) is 3.85. The predicted molar refractivity (Wildman–Crippen MR) is 76.6 cm³/mol. The van der Waals surface area contributed by atoms with Crippen molar-refractivity contribution in [2.75, 3.05) is 0 Å². The van der Waals surface area contributed by atoms with Gasteiger partial charge in [-0.25, -0.2) is 9.18 Å². The molecule has 1 aromatic carbocycles. The lowest BCUT2D eigenvalue weighted by atomic mass is 9.83. The van der Waals surface area contributed by atoms with Crippen LogP contribution in [0, 0.1) is 11.7 Å². The fraction of sp³-hybridized carbons (Fsp3) is 0.438. The van der Waals surface area contributed by atoms with Gasteiger partial charge >= 0.3 is 5.97 Å². The normalized spacial score (nSPS) is 19.5. The summed E-state index contributed by atoms with van der Waals surface area (Å²) in [4.78, 5) is 34.8. The zero-order valence-corrected chi connectivity index (χ0v) is 12.0. The van der Waals surface area contributed by atoms with Crippen LogP contribution >= 0.6 is 0 Å². The van der Waals surface area contributed by atoms with Crippen LogP contribution in [0.3, 0.4) is 0 Å². The molecule has 0 radical (unpaired) electrons. The Morgan fingerprint density at radius 2 is 2.00 bits per heavy atom. The zero-order chi connectivity index (χ0) is 16.1. The number of hydrogen-bond donors (Lipinski definition) is 2. The lowest BCUT2D eigenvalue weighted by Crippen LogP contribution is -2.47. The molecule has 1 amide bonds. The molecular formula is C16H18FNO4. The molecular weight excluding hydrogens is 289 g/mol. The molecule has 6 heteroatoms. The number of nitrogens with one attached hydrogen (secondary N) is 1. The number of rotatable bonds is 5. The molecule has 1 fully saturated rings. The van der Waals surface area contributed by atoms with Crippen LogP contribution in [0.25, 0.3) is 0 Å². The Morgan fingerprint density at radius 1 is 1.32 bits per heavy atom. The first-order valence-corrected chi connectivity index (χ1v) is 7.24. The van der Waals surface area contributed by atoms with Gasteiger partial charge in [-0.05, 0) is 36.5 Å². The van der Waals surface area contributed by atoms with Gasteiger partial charge in [-0.2, -0.15) is 0 Å². The molecule has 2 rings (SSSR count). The molecule has 22 heavy (non-hydrogen) atoms. The summed E-state index contributed by atoms with van der Waals surface area (Å²) in [6.45, 7) is 0. The number of carbonyl (C=O) groups is 3. The van der Waals surface area contributed by atoms with Crippen LogP contribution in [0.4, 0.5) is 4.39 Å². The highest BCUT2D eigenvalue weighted by atomic mass is 19.1. The Morgan fingerprint density at radius 3 is 2.59 bits per heavy atom. The van der Waals surface area contributed by atoms with E-state index in [1.54, 1.807) is 0 Å². The number of benzene rings is 1. The minimum atomic E-state index is -1.13. The first-order valence-electron chi connectivity index (χ1n) is 7.24. The number of ketones is 1. The molecule has 5 nitrogen and oxygen atoms in total. The molecule has 0 aromatic heterocycles. The predicted octanol–water partition coefficient (Wildman–Crippen LogP) is 1.70. The summed E-state index contributed by atoms with van der Waals surface area (Å²) in [7, 11) is 0. The fourth-order valence-electron chi connectivity index (χ4n) is 2.74. The monoisotopic (exact) mass is 307 g/mol. The second-order valence-corrected chi connectivity index (χ2v) is 5.58. The molecule has 118 valence electrons. The smallest absolute Gasteiger partial charge is 0.326 e. The van der Waals surface area contributed by atoms with E-state index in [-0.39, 0.29) is 24.5 Å². The number of aliphatic carboxylic acids is 1. The molecule has 0 spiro atoms. The van der Waals surface area contributed by atoms with Crippen LogP contribution < -0.4 is 5.32 Å². The van der Waals surface area contributed by atoms with Crippen LogP contribution in [0.5, 0.6) is 0 Å². The molecule has 2 atom stereocenters. The molecule has 0 aliphatic heterocycles. The molecule has 2 N–H and O–H groups in total. The van der Waals surface area contributed by atoms with Gasteiger partial charge in [0.15, 0.2) is 0 Å². The molecule has 1 aromatic rings. The molecule has 1 aliphatic carbocycles. The molecule has 0 unspecified atom stereocenters. The highest BCUT2D eigenvalue weighted by molar-refractivity contribution is 5.86. The van der Waals surface area contributed by atoms with E-state index < -0.39 is 23.7 Å². The lowest BCUT2D eigenvalue weighted by molar-refractivity contribution is -0.144. The van der Waals surface area contributed by atoms with E-state index in [4.69, 9.17) is 0 Å². The summed E-state index contributed by atoms with van der Waals surface area (Å²) in [5.41, 5.74) is 0.600. The van der Waals surface area contributed by atoms with Crippen LogP contribution in [0.15, 0.2) is 24.3 Å². The minimum absolute atomic E-state index is 0.0231. The first-order chi connectivity index (χ1) is 10.5. The number of halogens is 1. The van der Waals surface area contributed by atoms with Crippen molar-refractivity contribution in [2.45, 2.75) is 38.1 Å². The molecule has 0 bridgehead atoms. The topological polar surface area (TPSA) is 83.5 Å². The van der Waals surface area contributed by atoms with E-state index in [0.29, 0.717) is 24.8 Å². The zero-order valence-electron chi connectivity index (χ0n) is 12.0. The highest BCUT2D eigenvalue weighted by Crippen LogP contribution is 2.24. The summed E-state index contributed by atoms with van der Waals surface area (Å²) in [6.07, 6.45) is 1.91. The lowest BCUT2D eigenvalue weighted by Gasteiger charge is -2.27. The van der Waals surface area contributed by atoms with Crippen molar-refractivity contribution in [3.05, 3.63) is 35.6 Å². The first kappa shape index (κ1) is 16.1.